The lowest BCUT2D eigenvalue weighted by atomic mass is 9.71. The number of rotatable bonds is 7. The molecule has 162 valence electrons. The second-order valence-electron chi connectivity index (χ2n) is 8.29. The fraction of sp³-hybridized carbons (Fsp3) is 0.591. The zero-order valence-electron chi connectivity index (χ0n) is 17.2. The summed E-state index contributed by atoms with van der Waals surface area (Å²) in [7, 11) is 0. The molecule has 30 heavy (non-hydrogen) atoms. The van der Waals surface area contributed by atoms with Crippen LogP contribution in [0.4, 0.5) is 0 Å². The Balaban J connectivity index is 1.65. The Hall–Kier alpha value is -2.45. The number of ether oxygens (including phenoxy) is 2. The Morgan fingerprint density at radius 3 is 2.77 bits per heavy atom. The molecule has 1 aromatic rings. The van der Waals surface area contributed by atoms with E-state index >= 15 is 0 Å². The van der Waals surface area contributed by atoms with Crippen LogP contribution in [-0.4, -0.2) is 64.8 Å². The van der Waals surface area contributed by atoms with Crippen LogP contribution in [0.15, 0.2) is 30.3 Å². The van der Waals surface area contributed by atoms with Crippen LogP contribution >= 0.6 is 0 Å². The summed E-state index contributed by atoms with van der Waals surface area (Å²) in [6, 6.07) is 8.02. The van der Waals surface area contributed by atoms with E-state index in [2.05, 4.69) is 5.32 Å². The van der Waals surface area contributed by atoms with Gasteiger partial charge in [0, 0.05) is 6.54 Å². The summed E-state index contributed by atoms with van der Waals surface area (Å²) in [4.78, 5) is 40.8. The zero-order valence-corrected chi connectivity index (χ0v) is 17.2. The third-order valence-corrected chi connectivity index (χ3v) is 6.59. The Kier molecular flexibility index (Phi) is 5.55. The van der Waals surface area contributed by atoms with Crippen LogP contribution in [0.3, 0.4) is 0 Å². The second kappa shape index (κ2) is 8.00. The lowest BCUT2D eigenvalue weighted by Gasteiger charge is -2.35. The number of esters is 1. The van der Waals surface area contributed by atoms with Crippen molar-refractivity contribution in [3.63, 3.8) is 0 Å². The van der Waals surface area contributed by atoms with E-state index in [1.807, 2.05) is 30.3 Å². The van der Waals surface area contributed by atoms with Gasteiger partial charge in [0.15, 0.2) is 0 Å². The van der Waals surface area contributed by atoms with E-state index in [4.69, 9.17) is 9.47 Å². The van der Waals surface area contributed by atoms with Crippen LogP contribution in [0.2, 0.25) is 0 Å². The molecule has 8 heteroatoms. The van der Waals surface area contributed by atoms with E-state index < -0.39 is 41.6 Å². The molecule has 1 spiro atoms. The number of aliphatic hydroxyl groups excluding tert-OH is 1. The summed E-state index contributed by atoms with van der Waals surface area (Å²) in [5.74, 6) is -2.59. The molecule has 0 aromatic heterocycles. The van der Waals surface area contributed by atoms with Crippen LogP contribution < -0.4 is 5.32 Å². The quantitative estimate of drug-likeness (QED) is 0.632. The van der Waals surface area contributed by atoms with Gasteiger partial charge >= 0.3 is 5.97 Å². The summed E-state index contributed by atoms with van der Waals surface area (Å²) < 4.78 is 11.5. The fourth-order valence-corrected chi connectivity index (χ4v) is 5.34. The molecule has 3 saturated heterocycles. The van der Waals surface area contributed by atoms with E-state index in [1.165, 1.54) is 4.90 Å². The van der Waals surface area contributed by atoms with E-state index in [0.29, 0.717) is 19.4 Å². The Bertz CT molecular complexity index is 830. The van der Waals surface area contributed by atoms with Crippen molar-refractivity contribution in [2.24, 2.45) is 11.8 Å². The van der Waals surface area contributed by atoms with Crippen LogP contribution in [-0.2, 0) is 30.4 Å². The van der Waals surface area contributed by atoms with Gasteiger partial charge in [-0.1, -0.05) is 30.3 Å². The molecule has 2 unspecified atom stereocenters. The number of nitrogens with zero attached hydrogens (tertiary/aromatic N) is 1. The Morgan fingerprint density at radius 1 is 1.37 bits per heavy atom. The third-order valence-electron chi connectivity index (χ3n) is 6.59. The minimum Gasteiger partial charge on any atom is -0.466 e. The standard InChI is InChI=1S/C22H28N2O6/c1-3-29-21(28)16-15-9-10-22(30-15)17(16)20(27)24(13(2)12-25)18(22)19(26)23-11-14-7-5-4-6-8-14/h4-8,13,15-18,25H,3,9-12H2,1-2H3,(H,23,26)/t13-,15-,16+,17+,18?,22?/m1/s1. The molecule has 2 amide bonds. The fourth-order valence-electron chi connectivity index (χ4n) is 5.34. The van der Waals surface area contributed by atoms with Crippen molar-refractivity contribution in [2.75, 3.05) is 13.2 Å². The van der Waals surface area contributed by atoms with Gasteiger partial charge in [0.2, 0.25) is 11.8 Å². The molecule has 3 fully saturated rings. The van der Waals surface area contributed by atoms with Gasteiger partial charge in [-0.2, -0.15) is 0 Å². The average Bonchev–Trinajstić information content (AvgIpc) is 3.39. The second-order valence-corrected chi connectivity index (χ2v) is 8.29. The van der Waals surface area contributed by atoms with Crippen LogP contribution in [0.25, 0.3) is 0 Å². The Morgan fingerprint density at radius 2 is 2.10 bits per heavy atom. The molecular weight excluding hydrogens is 388 g/mol. The summed E-state index contributed by atoms with van der Waals surface area (Å²) in [6.45, 7) is 3.66. The largest absolute Gasteiger partial charge is 0.466 e. The number of hydrogen-bond donors (Lipinski definition) is 2. The zero-order chi connectivity index (χ0) is 21.5. The highest BCUT2D eigenvalue weighted by Gasteiger charge is 2.75. The van der Waals surface area contributed by atoms with Crippen molar-refractivity contribution >= 4 is 17.8 Å². The third kappa shape index (κ3) is 3.09. The predicted octanol–water partition coefficient (Wildman–Crippen LogP) is 0.621. The number of hydrogen-bond acceptors (Lipinski definition) is 6. The number of fused-ring (bicyclic) bond motifs is 1. The lowest BCUT2D eigenvalue weighted by Crippen LogP contribution is -2.57. The monoisotopic (exact) mass is 416 g/mol. The Labute approximate surface area is 175 Å². The maximum atomic E-state index is 13.4. The molecule has 0 radical (unpaired) electrons. The maximum Gasteiger partial charge on any atom is 0.312 e. The first-order valence-corrected chi connectivity index (χ1v) is 10.5. The number of carbonyl (C=O) groups excluding carboxylic acids is 3. The van der Waals surface area contributed by atoms with Crippen molar-refractivity contribution < 1.29 is 29.0 Å². The topological polar surface area (TPSA) is 105 Å². The highest BCUT2D eigenvalue weighted by atomic mass is 16.6. The van der Waals surface area contributed by atoms with Crippen molar-refractivity contribution in [1.82, 2.24) is 10.2 Å². The summed E-state index contributed by atoms with van der Waals surface area (Å²) in [5.41, 5.74) is -0.129. The summed E-state index contributed by atoms with van der Waals surface area (Å²) in [5, 5.41) is 12.7. The van der Waals surface area contributed by atoms with E-state index in [-0.39, 0.29) is 25.0 Å². The molecule has 3 aliphatic rings. The minimum absolute atomic E-state index is 0.216. The van der Waals surface area contributed by atoms with Crippen molar-refractivity contribution in [3.8, 4) is 0 Å². The normalized spacial score (nSPS) is 32.8. The number of likely N-dealkylation sites (tertiary alicyclic amines) is 1. The highest BCUT2D eigenvalue weighted by molar-refractivity contribution is 5.98. The van der Waals surface area contributed by atoms with Crippen molar-refractivity contribution in [1.29, 1.82) is 0 Å². The predicted molar refractivity (Wildman–Crippen MR) is 106 cm³/mol. The number of nitrogens with one attached hydrogen (secondary N) is 1. The van der Waals surface area contributed by atoms with Gasteiger partial charge in [-0.3, -0.25) is 14.4 Å². The van der Waals surface area contributed by atoms with Gasteiger partial charge < -0.3 is 24.8 Å². The molecule has 3 aliphatic heterocycles. The van der Waals surface area contributed by atoms with Crippen LogP contribution in [0, 0.1) is 11.8 Å². The SMILES string of the molecule is CCOC(=O)[C@@H]1[C@H]2C(=O)N([C@H](C)CO)C(C(=O)NCc3ccccc3)C23CC[C@H]1O3. The summed E-state index contributed by atoms with van der Waals surface area (Å²) in [6.07, 6.45) is 0.688. The summed E-state index contributed by atoms with van der Waals surface area (Å²) >= 11 is 0. The van der Waals surface area contributed by atoms with Crippen LogP contribution in [0.5, 0.6) is 0 Å². The van der Waals surface area contributed by atoms with Gasteiger partial charge in [0.1, 0.15) is 11.6 Å². The molecule has 0 saturated carbocycles. The van der Waals surface area contributed by atoms with Gasteiger partial charge in [0.25, 0.3) is 0 Å². The molecule has 2 bridgehead atoms. The molecule has 6 atom stereocenters. The number of amides is 2. The van der Waals surface area contributed by atoms with Crippen LogP contribution in [0.1, 0.15) is 32.3 Å². The molecule has 3 heterocycles. The first-order valence-electron chi connectivity index (χ1n) is 10.5. The number of carbonyl (C=O) groups is 3. The first kappa shape index (κ1) is 20.8. The van der Waals surface area contributed by atoms with Gasteiger partial charge in [-0.15, -0.1) is 0 Å². The van der Waals surface area contributed by atoms with E-state index in [9.17, 15) is 19.5 Å². The lowest BCUT2D eigenvalue weighted by molar-refractivity contribution is -0.155. The minimum atomic E-state index is -1.07. The molecule has 8 nitrogen and oxygen atoms in total. The van der Waals surface area contributed by atoms with E-state index in [1.54, 1.807) is 13.8 Å². The van der Waals surface area contributed by atoms with E-state index in [0.717, 1.165) is 5.56 Å². The smallest absolute Gasteiger partial charge is 0.312 e. The van der Waals surface area contributed by atoms with Gasteiger partial charge in [-0.05, 0) is 32.3 Å². The molecule has 2 N–H and O–H groups in total. The van der Waals surface area contributed by atoms with Gasteiger partial charge in [0.05, 0.1) is 37.2 Å². The maximum absolute atomic E-state index is 13.4. The molecule has 4 rings (SSSR count). The number of benzene rings is 1. The molecular formula is C22H28N2O6. The molecule has 0 aliphatic carbocycles. The van der Waals surface area contributed by atoms with Gasteiger partial charge in [-0.25, -0.2) is 0 Å². The first-order chi connectivity index (χ1) is 14.4. The van der Waals surface area contributed by atoms with Crippen molar-refractivity contribution in [3.05, 3.63) is 35.9 Å². The highest BCUT2D eigenvalue weighted by Crippen LogP contribution is 2.58. The number of aliphatic hydroxyl groups is 1. The van der Waals surface area contributed by atoms with Crippen molar-refractivity contribution in [2.45, 2.75) is 57.0 Å². The molecule has 1 aromatic carbocycles. The average molecular weight is 416 g/mol.